The quantitative estimate of drug-likeness (QED) is 0.369. The van der Waals surface area contributed by atoms with E-state index >= 15 is 0 Å². The van der Waals surface area contributed by atoms with Crippen molar-refractivity contribution < 1.29 is 39.2 Å². The Hall–Kier alpha value is -3.45. The summed E-state index contributed by atoms with van der Waals surface area (Å²) in [4.78, 5) is 51.3. The lowest BCUT2D eigenvalue weighted by molar-refractivity contribution is -0.258. The third-order valence-corrected chi connectivity index (χ3v) is 4.97. The molecule has 33 heavy (non-hydrogen) atoms. The number of anilines is 1. The summed E-state index contributed by atoms with van der Waals surface area (Å²) in [6, 6.07) is 9.65. The topological polar surface area (TPSA) is 177 Å². The Labute approximate surface area is 187 Å². The molecule has 1 aliphatic rings. The maximum Gasteiger partial charge on any atom is 0.351 e. The van der Waals surface area contributed by atoms with Crippen LogP contribution in [0.1, 0.15) is 36.4 Å². The van der Waals surface area contributed by atoms with E-state index in [9.17, 15) is 34.5 Å². The van der Waals surface area contributed by atoms with E-state index in [0.29, 0.717) is 5.56 Å². The number of carbonyl (C=O) groups excluding carboxylic acids is 2. The van der Waals surface area contributed by atoms with Crippen molar-refractivity contribution in [1.29, 1.82) is 0 Å². The lowest BCUT2D eigenvalue weighted by Gasteiger charge is -2.29. The van der Waals surface area contributed by atoms with E-state index in [-0.39, 0.29) is 5.82 Å². The van der Waals surface area contributed by atoms with Crippen LogP contribution in [0.25, 0.3) is 0 Å². The first-order valence-electron chi connectivity index (χ1n) is 9.97. The number of carboxylic acids is 1. The van der Waals surface area contributed by atoms with Crippen molar-refractivity contribution in [2.75, 3.05) is 11.9 Å². The molecule has 4 N–H and O–H groups in total. The number of ketones is 1. The van der Waals surface area contributed by atoms with Gasteiger partial charge in [-0.15, -0.1) is 0 Å². The van der Waals surface area contributed by atoms with Crippen molar-refractivity contribution in [3.05, 3.63) is 58.6 Å². The highest BCUT2D eigenvalue weighted by atomic mass is 16.7. The number of benzene rings is 1. The van der Waals surface area contributed by atoms with Gasteiger partial charge in [-0.3, -0.25) is 14.2 Å². The van der Waals surface area contributed by atoms with Gasteiger partial charge in [0.15, 0.2) is 11.9 Å². The molecule has 1 saturated heterocycles. The molecule has 176 valence electrons. The molecule has 1 aromatic heterocycles. The number of carbonyl (C=O) groups is 3. The molecule has 1 unspecified atom stereocenters. The zero-order valence-corrected chi connectivity index (χ0v) is 17.6. The van der Waals surface area contributed by atoms with Gasteiger partial charge in [0.25, 0.3) is 5.91 Å². The minimum atomic E-state index is -2.28. The van der Waals surface area contributed by atoms with Gasteiger partial charge < -0.3 is 30.1 Å². The second-order valence-corrected chi connectivity index (χ2v) is 7.48. The van der Waals surface area contributed by atoms with E-state index in [2.05, 4.69) is 10.3 Å². The van der Waals surface area contributed by atoms with Crippen LogP contribution >= 0.6 is 0 Å². The van der Waals surface area contributed by atoms with Gasteiger partial charge in [0.2, 0.25) is 0 Å². The molecule has 0 spiro atoms. The van der Waals surface area contributed by atoms with E-state index in [1.165, 1.54) is 19.2 Å². The number of aliphatic hydroxyl groups is 2. The number of ether oxygens (including phenoxy) is 2. The third kappa shape index (κ3) is 5.68. The third-order valence-electron chi connectivity index (χ3n) is 4.97. The van der Waals surface area contributed by atoms with Crippen LogP contribution in [-0.4, -0.2) is 67.1 Å². The predicted octanol–water partition coefficient (Wildman–Crippen LogP) is -0.0871. The molecule has 2 aromatic rings. The lowest BCUT2D eigenvalue weighted by atomic mass is 10.1. The lowest BCUT2D eigenvalue weighted by Crippen LogP contribution is -2.48. The van der Waals surface area contributed by atoms with Crippen LogP contribution in [0.3, 0.4) is 0 Å². The first-order chi connectivity index (χ1) is 15.6. The highest BCUT2D eigenvalue weighted by molar-refractivity contribution is 6.03. The van der Waals surface area contributed by atoms with Gasteiger partial charge in [0.1, 0.15) is 23.9 Å². The largest absolute Gasteiger partial charge is 0.479 e. The second-order valence-electron chi connectivity index (χ2n) is 7.48. The Bertz CT molecular complexity index is 1090. The Morgan fingerprint density at radius 2 is 2.00 bits per heavy atom. The highest BCUT2D eigenvalue weighted by Gasteiger charge is 2.51. The van der Waals surface area contributed by atoms with Crippen LogP contribution in [0, 0.1) is 0 Å². The van der Waals surface area contributed by atoms with E-state index < -0.39 is 67.0 Å². The normalized spacial score (nSPS) is 23.1. The molecule has 0 saturated carbocycles. The summed E-state index contributed by atoms with van der Waals surface area (Å²) in [5.41, 5.74) is -0.459. The summed E-state index contributed by atoms with van der Waals surface area (Å²) >= 11 is 0. The standard InChI is InChI=1S/C21H23N3O9/c1-12(26)9-14(19(28)29)33-21(31)10-17(32-15(21)11-25)24-8-7-16(23-20(24)30)22-18(27)13-5-3-2-4-6-13/h2-8,14-15,17,25,31H,9-11H2,1H3,(H,28,29)(H,22,23,27,30)/t14?,15-,17-,21-/m1/s1. The van der Waals surface area contributed by atoms with Crippen LogP contribution in [0.5, 0.6) is 0 Å². The zero-order chi connectivity index (χ0) is 24.2. The average Bonchev–Trinajstić information content (AvgIpc) is 3.09. The van der Waals surface area contributed by atoms with Gasteiger partial charge >= 0.3 is 11.7 Å². The smallest absolute Gasteiger partial charge is 0.351 e. The number of aliphatic carboxylic acids is 1. The van der Waals surface area contributed by atoms with Gasteiger partial charge in [-0.05, 0) is 25.1 Å². The molecule has 1 aromatic carbocycles. The number of nitrogens with zero attached hydrogens (tertiary/aromatic N) is 2. The number of Topliss-reactive ketones (excluding diaryl/α,β-unsaturated/α-hetero) is 1. The summed E-state index contributed by atoms with van der Waals surface area (Å²) in [5.74, 6) is -4.71. The fourth-order valence-electron chi connectivity index (χ4n) is 3.37. The van der Waals surface area contributed by atoms with Crippen molar-refractivity contribution in [2.45, 2.75) is 44.0 Å². The molecule has 1 aliphatic heterocycles. The molecule has 4 atom stereocenters. The molecular formula is C21H23N3O9. The molecule has 2 heterocycles. The number of rotatable bonds is 9. The molecule has 0 bridgehead atoms. The Morgan fingerprint density at radius 3 is 2.58 bits per heavy atom. The van der Waals surface area contributed by atoms with E-state index in [0.717, 1.165) is 4.57 Å². The minimum Gasteiger partial charge on any atom is -0.479 e. The Balaban J connectivity index is 1.76. The first kappa shape index (κ1) is 24.2. The van der Waals surface area contributed by atoms with Crippen LogP contribution in [-0.2, 0) is 19.1 Å². The van der Waals surface area contributed by atoms with Crippen molar-refractivity contribution in [1.82, 2.24) is 9.55 Å². The van der Waals surface area contributed by atoms with E-state index in [4.69, 9.17) is 9.47 Å². The summed E-state index contributed by atoms with van der Waals surface area (Å²) in [5, 5.41) is 32.2. The molecule has 1 fully saturated rings. The number of aromatic nitrogens is 2. The fraction of sp³-hybridized carbons (Fsp3) is 0.381. The summed E-state index contributed by atoms with van der Waals surface area (Å²) in [7, 11) is 0. The maximum atomic E-state index is 12.5. The molecule has 12 heteroatoms. The van der Waals surface area contributed by atoms with Crippen LogP contribution in [0.4, 0.5) is 5.82 Å². The number of hydrogen-bond donors (Lipinski definition) is 4. The van der Waals surface area contributed by atoms with Crippen molar-refractivity contribution in [3.8, 4) is 0 Å². The summed E-state index contributed by atoms with van der Waals surface area (Å²) in [6.07, 6.45) is -3.87. The minimum absolute atomic E-state index is 0.0132. The van der Waals surface area contributed by atoms with E-state index in [1.54, 1.807) is 30.3 Å². The molecule has 12 nitrogen and oxygen atoms in total. The zero-order valence-electron chi connectivity index (χ0n) is 17.6. The molecule has 0 aliphatic carbocycles. The summed E-state index contributed by atoms with van der Waals surface area (Å²) in [6.45, 7) is 0.428. The molecular weight excluding hydrogens is 438 g/mol. The van der Waals surface area contributed by atoms with Gasteiger partial charge in [-0.1, -0.05) is 18.2 Å². The monoisotopic (exact) mass is 461 g/mol. The van der Waals surface area contributed by atoms with Crippen LogP contribution in [0.2, 0.25) is 0 Å². The summed E-state index contributed by atoms with van der Waals surface area (Å²) < 4.78 is 11.8. The second kappa shape index (κ2) is 10.0. The molecule has 1 amide bonds. The van der Waals surface area contributed by atoms with Crippen molar-refractivity contribution >= 4 is 23.5 Å². The first-order valence-corrected chi connectivity index (χ1v) is 9.97. The number of aliphatic hydroxyl groups excluding tert-OH is 1. The Morgan fingerprint density at radius 1 is 1.30 bits per heavy atom. The van der Waals surface area contributed by atoms with E-state index in [1.807, 2.05) is 0 Å². The number of carboxylic acid groups (broad SMARTS) is 1. The maximum absolute atomic E-state index is 12.5. The SMILES string of the molecule is CC(=O)CC(O[C@]1(O)C[C@H](n2ccc(NC(=O)c3ccccc3)nc2=O)O[C@@H]1CO)C(=O)O. The number of hydrogen-bond acceptors (Lipinski definition) is 9. The van der Waals surface area contributed by atoms with Crippen molar-refractivity contribution in [2.24, 2.45) is 0 Å². The Kier molecular flexibility index (Phi) is 7.33. The fourth-order valence-corrected chi connectivity index (χ4v) is 3.37. The highest BCUT2D eigenvalue weighted by Crippen LogP contribution is 2.38. The average molecular weight is 461 g/mol. The van der Waals surface area contributed by atoms with Gasteiger partial charge in [-0.2, -0.15) is 4.98 Å². The predicted molar refractivity (Wildman–Crippen MR) is 111 cm³/mol. The van der Waals surface area contributed by atoms with Gasteiger partial charge in [0.05, 0.1) is 6.61 Å². The van der Waals surface area contributed by atoms with Gasteiger partial charge in [0, 0.05) is 24.6 Å². The van der Waals surface area contributed by atoms with Gasteiger partial charge in [-0.25, -0.2) is 9.59 Å². The van der Waals surface area contributed by atoms with Crippen LogP contribution in [0.15, 0.2) is 47.4 Å². The molecule has 3 rings (SSSR count). The number of amides is 1. The van der Waals surface area contributed by atoms with Crippen LogP contribution < -0.4 is 11.0 Å². The van der Waals surface area contributed by atoms with Crippen molar-refractivity contribution in [3.63, 3.8) is 0 Å². The molecule has 0 radical (unpaired) electrons. The number of nitrogens with one attached hydrogen (secondary N) is 1.